The largest absolute Gasteiger partial charge is 0.378 e. The quantitative estimate of drug-likeness (QED) is 0.837. The van der Waals surface area contributed by atoms with Gasteiger partial charge in [0.15, 0.2) is 0 Å². The molecule has 0 amide bonds. The van der Waals surface area contributed by atoms with Gasteiger partial charge in [-0.2, -0.15) is 15.0 Å². The highest BCUT2D eigenvalue weighted by atomic mass is 16.5. The predicted octanol–water partition coefficient (Wildman–Crippen LogP) is 0.596. The number of nitrogens with one attached hydrogen (secondary N) is 1. The maximum absolute atomic E-state index is 5.36. The van der Waals surface area contributed by atoms with Gasteiger partial charge < -0.3 is 19.9 Å². The third-order valence-electron chi connectivity index (χ3n) is 3.03. The van der Waals surface area contributed by atoms with Crippen LogP contribution >= 0.6 is 0 Å². The van der Waals surface area contributed by atoms with E-state index in [-0.39, 0.29) is 0 Å². The molecule has 7 nitrogen and oxygen atoms in total. The van der Waals surface area contributed by atoms with Crippen LogP contribution in [0.3, 0.4) is 0 Å². The van der Waals surface area contributed by atoms with Crippen LogP contribution in [-0.4, -0.2) is 61.9 Å². The third-order valence-corrected chi connectivity index (χ3v) is 3.03. The number of morpholine rings is 1. The van der Waals surface area contributed by atoms with Crippen molar-refractivity contribution in [3.05, 3.63) is 0 Å². The average Bonchev–Trinajstić information content (AvgIpc) is 2.48. The van der Waals surface area contributed by atoms with Gasteiger partial charge in [-0.1, -0.05) is 6.92 Å². The molecule has 2 rings (SSSR count). The Morgan fingerprint density at radius 2 is 2.00 bits per heavy atom. The van der Waals surface area contributed by atoms with E-state index < -0.39 is 0 Å². The summed E-state index contributed by atoms with van der Waals surface area (Å²) in [5.74, 6) is 2.04. The zero-order valence-electron chi connectivity index (χ0n) is 11.9. The molecule has 1 saturated heterocycles. The maximum atomic E-state index is 5.36. The topological polar surface area (TPSA) is 66.4 Å². The van der Waals surface area contributed by atoms with Crippen molar-refractivity contribution in [1.29, 1.82) is 0 Å². The molecule has 1 aromatic rings. The summed E-state index contributed by atoms with van der Waals surface area (Å²) in [5.41, 5.74) is 0. The lowest BCUT2D eigenvalue weighted by atomic mass is 10.4. The Hall–Kier alpha value is -1.63. The Labute approximate surface area is 114 Å². The first-order valence-corrected chi connectivity index (χ1v) is 6.72. The molecule has 0 aliphatic carbocycles. The van der Waals surface area contributed by atoms with Gasteiger partial charge in [0.25, 0.3) is 0 Å². The van der Waals surface area contributed by atoms with E-state index in [1.54, 1.807) is 0 Å². The van der Waals surface area contributed by atoms with Crippen LogP contribution in [-0.2, 0) is 4.74 Å². The number of aromatic nitrogens is 3. The molecule has 0 bridgehead atoms. The molecule has 0 unspecified atom stereocenters. The summed E-state index contributed by atoms with van der Waals surface area (Å²) in [4.78, 5) is 17.6. The Bertz CT molecular complexity index is 407. The number of hydrogen-bond donors (Lipinski definition) is 1. The summed E-state index contributed by atoms with van der Waals surface area (Å²) in [6.45, 7) is 6.16. The monoisotopic (exact) mass is 266 g/mol. The number of anilines is 3. The summed E-state index contributed by atoms with van der Waals surface area (Å²) < 4.78 is 5.36. The van der Waals surface area contributed by atoms with Crippen molar-refractivity contribution in [2.45, 2.75) is 13.3 Å². The molecule has 0 spiro atoms. The van der Waals surface area contributed by atoms with Gasteiger partial charge in [-0.25, -0.2) is 0 Å². The predicted molar refractivity (Wildman–Crippen MR) is 76.0 cm³/mol. The molecule has 1 aliphatic heterocycles. The highest BCUT2D eigenvalue weighted by Crippen LogP contribution is 2.16. The number of rotatable bonds is 5. The van der Waals surface area contributed by atoms with Crippen LogP contribution in [0, 0.1) is 0 Å². The Kier molecular flexibility index (Phi) is 4.73. The van der Waals surface area contributed by atoms with Gasteiger partial charge in [0.05, 0.1) is 13.2 Å². The Morgan fingerprint density at radius 1 is 1.26 bits per heavy atom. The Balaban J connectivity index is 2.24. The van der Waals surface area contributed by atoms with E-state index in [2.05, 4.69) is 32.1 Å². The molecular formula is C12H22N6O. The van der Waals surface area contributed by atoms with Gasteiger partial charge in [0, 0.05) is 33.7 Å². The first-order valence-electron chi connectivity index (χ1n) is 6.72. The van der Waals surface area contributed by atoms with Gasteiger partial charge in [0.1, 0.15) is 0 Å². The number of nitrogens with zero attached hydrogens (tertiary/aromatic N) is 5. The minimum atomic E-state index is 0.606. The lowest BCUT2D eigenvalue weighted by Gasteiger charge is -2.27. The number of ether oxygens (including phenoxy) is 1. The van der Waals surface area contributed by atoms with Gasteiger partial charge in [0.2, 0.25) is 17.8 Å². The second-order valence-electron chi connectivity index (χ2n) is 4.53. The molecular weight excluding hydrogens is 244 g/mol. The van der Waals surface area contributed by atoms with Gasteiger partial charge in [-0.05, 0) is 6.42 Å². The smallest absolute Gasteiger partial charge is 0.232 e. The zero-order chi connectivity index (χ0) is 13.7. The molecule has 106 valence electrons. The normalized spacial score (nSPS) is 15.4. The minimum absolute atomic E-state index is 0.606. The van der Waals surface area contributed by atoms with Gasteiger partial charge >= 0.3 is 0 Å². The summed E-state index contributed by atoms with van der Waals surface area (Å²) in [7, 11) is 3.82. The standard InChI is InChI=1S/C12H22N6O/c1-4-5-17(3)11-14-10(13-2)15-12(16-11)18-6-8-19-9-7-18/h4-9H2,1-3H3,(H,13,14,15,16). The number of hydrogen-bond acceptors (Lipinski definition) is 7. The van der Waals surface area contributed by atoms with E-state index in [1.165, 1.54) is 0 Å². The van der Waals surface area contributed by atoms with Crippen LogP contribution in [0.2, 0.25) is 0 Å². The SMILES string of the molecule is CCCN(C)c1nc(NC)nc(N2CCOCC2)n1. The fraction of sp³-hybridized carbons (Fsp3) is 0.750. The fourth-order valence-electron chi connectivity index (χ4n) is 1.98. The molecule has 0 atom stereocenters. The van der Waals surface area contributed by atoms with Crippen LogP contribution in [0.25, 0.3) is 0 Å². The molecule has 19 heavy (non-hydrogen) atoms. The molecule has 1 fully saturated rings. The van der Waals surface area contributed by atoms with E-state index in [0.29, 0.717) is 11.9 Å². The molecule has 0 radical (unpaired) electrons. The lowest BCUT2D eigenvalue weighted by molar-refractivity contribution is 0.122. The molecule has 0 aromatic carbocycles. The van der Waals surface area contributed by atoms with Crippen LogP contribution < -0.4 is 15.1 Å². The van der Waals surface area contributed by atoms with E-state index >= 15 is 0 Å². The van der Waals surface area contributed by atoms with E-state index in [1.807, 2.05) is 19.0 Å². The molecule has 1 N–H and O–H groups in total. The van der Waals surface area contributed by atoms with Crippen LogP contribution in [0.1, 0.15) is 13.3 Å². The van der Waals surface area contributed by atoms with Gasteiger partial charge in [-0.3, -0.25) is 0 Å². The summed E-state index contributed by atoms with van der Waals surface area (Å²) in [5, 5.41) is 3.00. The van der Waals surface area contributed by atoms with E-state index in [0.717, 1.165) is 45.2 Å². The first-order chi connectivity index (χ1) is 9.24. The zero-order valence-corrected chi connectivity index (χ0v) is 11.9. The van der Waals surface area contributed by atoms with Crippen LogP contribution in [0.4, 0.5) is 17.8 Å². The fourth-order valence-corrected chi connectivity index (χ4v) is 1.98. The minimum Gasteiger partial charge on any atom is -0.378 e. The third kappa shape index (κ3) is 3.44. The Morgan fingerprint density at radius 3 is 2.63 bits per heavy atom. The van der Waals surface area contributed by atoms with E-state index in [4.69, 9.17) is 4.74 Å². The van der Waals surface area contributed by atoms with Crippen molar-refractivity contribution >= 4 is 17.8 Å². The van der Waals surface area contributed by atoms with Crippen molar-refractivity contribution in [3.8, 4) is 0 Å². The highest BCUT2D eigenvalue weighted by molar-refractivity contribution is 5.44. The van der Waals surface area contributed by atoms with Crippen molar-refractivity contribution in [1.82, 2.24) is 15.0 Å². The highest BCUT2D eigenvalue weighted by Gasteiger charge is 2.17. The van der Waals surface area contributed by atoms with Crippen LogP contribution in [0.15, 0.2) is 0 Å². The summed E-state index contributed by atoms with van der Waals surface area (Å²) >= 11 is 0. The summed E-state index contributed by atoms with van der Waals surface area (Å²) in [6.07, 6.45) is 1.06. The molecule has 1 aromatic heterocycles. The molecule has 2 heterocycles. The second-order valence-corrected chi connectivity index (χ2v) is 4.53. The molecule has 0 saturated carbocycles. The maximum Gasteiger partial charge on any atom is 0.232 e. The summed E-state index contributed by atoms with van der Waals surface area (Å²) in [6, 6.07) is 0. The van der Waals surface area contributed by atoms with Gasteiger partial charge in [-0.15, -0.1) is 0 Å². The second kappa shape index (κ2) is 6.51. The van der Waals surface area contributed by atoms with Crippen molar-refractivity contribution in [2.75, 3.05) is 62.1 Å². The van der Waals surface area contributed by atoms with Crippen molar-refractivity contribution in [2.24, 2.45) is 0 Å². The van der Waals surface area contributed by atoms with Crippen molar-refractivity contribution < 1.29 is 4.74 Å². The first kappa shape index (κ1) is 13.8. The lowest BCUT2D eigenvalue weighted by Crippen LogP contribution is -2.38. The average molecular weight is 266 g/mol. The van der Waals surface area contributed by atoms with Crippen molar-refractivity contribution in [3.63, 3.8) is 0 Å². The van der Waals surface area contributed by atoms with E-state index in [9.17, 15) is 0 Å². The molecule has 7 heteroatoms. The molecule has 1 aliphatic rings. The van der Waals surface area contributed by atoms with Crippen LogP contribution in [0.5, 0.6) is 0 Å².